The molecule has 0 atom stereocenters. The van der Waals surface area contributed by atoms with Crippen molar-refractivity contribution in [2.75, 3.05) is 0 Å². The highest BCUT2D eigenvalue weighted by Crippen LogP contribution is 2.36. The fourth-order valence-corrected chi connectivity index (χ4v) is 2.03. The highest BCUT2D eigenvalue weighted by Gasteiger charge is 2.37. The lowest BCUT2D eigenvalue weighted by Gasteiger charge is -2.24. The summed E-state index contributed by atoms with van der Waals surface area (Å²) >= 11 is 0. The van der Waals surface area contributed by atoms with E-state index in [2.05, 4.69) is 9.58 Å². The van der Waals surface area contributed by atoms with Gasteiger partial charge in [-0.3, -0.25) is 23.2 Å². The zero-order valence-corrected chi connectivity index (χ0v) is 12.5. The van der Waals surface area contributed by atoms with Crippen LogP contribution in [0.4, 0.5) is 0 Å². The van der Waals surface area contributed by atoms with Gasteiger partial charge in [0, 0.05) is 0 Å². The Morgan fingerprint density at radius 3 is 1.50 bits per heavy atom. The predicted molar refractivity (Wildman–Crippen MR) is 68.7 cm³/mol. The fourth-order valence-electron chi connectivity index (χ4n) is 0.954. The summed E-state index contributed by atoms with van der Waals surface area (Å²) < 4.78 is 21.6. The highest BCUT2D eigenvalue weighted by molar-refractivity contribution is 7.33. The van der Waals surface area contributed by atoms with Crippen LogP contribution in [0.25, 0.3) is 11.1 Å². The van der Waals surface area contributed by atoms with E-state index in [-0.39, 0.29) is 0 Å². The molecule has 0 heterocycles. The van der Waals surface area contributed by atoms with Gasteiger partial charge in [-0.2, -0.15) is 9.58 Å². The minimum absolute atomic E-state index is 0.601. The molecule has 0 rings (SSSR count). The summed E-state index contributed by atoms with van der Waals surface area (Å²) in [5.74, 6) is -1.47. The molecule has 0 radical (unpaired) electrons. The Hall–Kier alpha value is -1.75. The topological polar surface area (TPSA) is 142 Å². The second-order valence-corrected chi connectivity index (χ2v) is 5.60. The van der Waals surface area contributed by atoms with Gasteiger partial charge >= 0.3 is 20.7 Å². The molecule has 10 heteroatoms. The third-order valence-corrected chi connectivity index (χ3v) is 3.57. The lowest BCUT2D eigenvalue weighted by Crippen LogP contribution is -2.37. The average Bonchev–Trinajstić information content (AvgIpc) is 2.27. The van der Waals surface area contributed by atoms with Crippen molar-refractivity contribution in [3.8, 4) is 0 Å². The Balaban J connectivity index is 4.88. The van der Waals surface area contributed by atoms with E-state index < -0.39 is 31.0 Å². The maximum Gasteiger partial charge on any atom is 0.326 e. The average molecular weight is 302 g/mol. The van der Waals surface area contributed by atoms with Crippen molar-refractivity contribution in [3.63, 3.8) is 0 Å². The molecular formula is C10H15N4O5P. The molecule has 0 spiro atoms. The van der Waals surface area contributed by atoms with Gasteiger partial charge in [0.25, 0.3) is 11.6 Å². The Kier molecular flexibility index (Phi) is 6.52. The monoisotopic (exact) mass is 302 g/mol. The smallest absolute Gasteiger partial charge is 0.326 e. The van der Waals surface area contributed by atoms with E-state index in [4.69, 9.17) is 20.1 Å². The van der Waals surface area contributed by atoms with Crippen molar-refractivity contribution in [1.82, 2.24) is 0 Å². The van der Waals surface area contributed by atoms with E-state index in [1.54, 1.807) is 0 Å². The molecule has 0 amide bonds. The minimum atomic E-state index is -3.21. The SMILES string of the molecule is CC(C)(O[PH](=O)OC(C)(C)C(=O)C=[N+]=[N-])C(=O)C=[N+]=[N-]. The van der Waals surface area contributed by atoms with E-state index in [9.17, 15) is 14.2 Å². The molecule has 9 nitrogen and oxygen atoms in total. The summed E-state index contributed by atoms with van der Waals surface area (Å²) in [6.07, 6.45) is 1.20. The van der Waals surface area contributed by atoms with Crippen molar-refractivity contribution < 1.29 is 32.8 Å². The molecule has 0 aliphatic rings. The van der Waals surface area contributed by atoms with Crippen LogP contribution >= 0.6 is 8.25 Å². The van der Waals surface area contributed by atoms with Gasteiger partial charge in [-0.25, -0.2) is 0 Å². The zero-order valence-electron chi connectivity index (χ0n) is 11.5. The maximum atomic E-state index is 11.7. The minimum Gasteiger partial charge on any atom is -0.361 e. The van der Waals surface area contributed by atoms with Crippen LogP contribution in [0.1, 0.15) is 27.7 Å². The number of nitrogens with zero attached hydrogens (tertiary/aromatic N) is 4. The summed E-state index contributed by atoms with van der Waals surface area (Å²) in [4.78, 5) is 28.0. The number of Topliss-reactive ketones (excluding diaryl/α,β-unsaturated/α-hetero) is 2. The number of hydrogen-bond donors (Lipinski definition) is 0. The molecule has 0 bridgehead atoms. The fraction of sp³-hybridized carbons (Fsp3) is 0.600. The van der Waals surface area contributed by atoms with Crippen molar-refractivity contribution in [2.45, 2.75) is 38.9 Å². The van der Waals surface area contributed by atoms with Gasteiger partial charge in [-0.15, -0.1) is 0 Å². The molecule has 0 saturated heterocycles. The quantitative estimate of drug-likeness (QED) is 0.280. The summed E-state index contributed by atoms with van der Waals surface area (Å²) in [5, 5.41) is 0. The Morgan fingerprint density at radius 1 is 0.950 bits per heavy atom. The van der Waals surface area contributed by atoms with Gasteiger partial charge in [-0.05, 0) is 27.7 Å². The Bertz CT molecular complexity index is 484. The molecule has 0 fully saturated rings. The first-order valence-electron chi connectivity index (χ1n) is 5.42. The molecular weight excluding hydrogens is 287 g/mol. The summed E-state index contributed by atoms with van der Waals surface area (Å²) in [7, 11) is -3.21. The van der Waals surface area contributed by atoms with Crippen LogP contribution in [0.5, 0.6) is 0 Å². The molecule has 0 aromatic carbocycles. The van der Waals surface area contributed by atoms with Crippen LogP contribution in [0.2, 0.25) is 0 Å². The van der Waals surface area contributed by atoms with Crippen molar-refractivity contribution in [1.29, 1.82) is 0 Å². The van der Waals surface area contributed by atoms with Gasteiger partial charge in [0.2, 0.25) is 0 Å². The van der Waals surface area contributed by atoms with Gasteiger partial charge in [-0.1, -0.05) is 0 Å². The lowest BCUT2D eigenvalue weighted by molar-refractivity contribution is -0.131. The Labute approximate surface area is 116 Å². The van der Waals surface area contributed by atoms with E-state index in [1.807, 2.05) is 0 Å². The van der Waals surface area contributed by atoms with Gasteiger partial charge in [0.05, 0.1) is 0 Å². The van der Waals surface area contributed by atoms with Crippen LogP contribution in [0.3, 0.4) is 0 Å². The van der Waals surface area contributed by atoms with E-state index in [1.165, 1.54) is 27.7 Å². The lowest BCUT2D eigenvalue weighted by atomic mass is 10.1. The van der Waals surface area contributed by atoms with E-state index >= 15 is 0 Å². The molecule has 0 aliphatic carbocycles. The number of carbonyl (C=O) groups excluding carboxylic acids is 2. The van der Waals surface area contributed by atoms with Crippen molar-refractivity contribution >= 4 is 32.3 Å². The number of carbonyl (C=O) groups is 2. The first-order valence-corrected chi connectivity index (χ1v) is 6.65. The van der Waals surface area contributed by atoms with Crippen molar-refractivity contribution in [3.05, 3.63) is 11.1 Å². The zero-order chi connectivity index (χ0) is 16.0. The molecule has 0 N–H and O–H groups in total. The summed E-state index contributed by atoms with van der Waals surface area (Å²) in [5.41, 5.74) is 13.4. The largest absolute Gasteiger partial charge is 0.361 e. The molecule has 0 aromatic rings. The first-order chi connectivity index (χ1) is 9.06. The third-order valence-electron chi connectivity index (χ3n) is 2.21. The standard InChI is InChI=1S/C10H15N4O5P/c1-9(2,7(15)5-13-11)18-20(17)19-10(3,4)8(16)6-14-12/h5-6,20H,1-4H3. The molecule has 0 aromatic heterocycles. The normalized spacial score (nSPS) is 12.8. The molecule has 20 heavy (non-hydrogen) atoms. The molecule has 0 aliphatic heterocycles. The Morgan fingerprint density at radius 2 is 1.25 bits per heavy atom. The van der Waals surface area contributed by atoms with Crippen LogP contribution in [-0.4, -0.2) is 44.8 Å². The van der Waals surface area contributed by atoms with Crippen LogP contribution < -0.4 is 0 Å². The highest BCUT2D eigenvalue weighted by atomic mass is 31.1. The third kappa shape index (κ3) is 5.48. The number of rotatable bonds is 8. The second-order valence-electron chi connectivity index (χ2n) is 4.69. The molecule has 0 saturated carbocycles. The second kappa shape index (κ2) is 7.14. The van der Waals surface area contributed by atoms with Gasteiger partial charge in [0.15, 0.2) is 0 Å². The first kappa shape index (κ1) is 18.2. The van der Waals surface area contributed by atoms with Crippen LogP contribution in [0, 0.1) is 0 Å². The predicted octanol–water partition coefficient (Wildman–Crippen LogP) is 0.706. The summed E-state index contributed by atoms with van der Waals surface area (Å²) in [6.45, 7) is 5.19. The molecule has 0 unspecified atom stereocenters. The maximum absolute atomic E-state index is 11.7. The van der Waals surface area contributed by atoms with Gasteiger partial charge in [0.1, 0.15) is 11.2 Å². The van der Waals surface area contributed by atoms with Crippen molar-refractivity contribution in [2.24, 2.45) is 0 Å². The number of hydrogen-bond acceptors (Lipinski definition) is 5. The van der Waals surface area contributed by atoms with Crippen LogP contribution in [0.15, 0.2) is 0 Å². The molecule has 110 valence electrons. The number of ketones is 2. The van der Waals surface area contributed by atoms with E-state index in [0.29, 0.717) is 12.4 Å². The van der Waals surface area contributed by atoms with E-state index in [0.717, 1.165) is 0 Å². The van der Waals surface area contributed by atoms with Gasteiger partial charge < -0.3 is 11.1 Å². The summed E-state index contributed by atoms with van der Waals surface area (Å²) in [6, 6.07) is 0. The van der Waals surface area contributed by atoms with Crippen LogP contribution in [-0.2, 0) is 23.2 Å².